The van der Waals surface area contributed by atoms with Crippen LogP contribution in [-0.4, -0.2) is 57.2 Å². The summed E-state index contributed by atoms with van der Waals surface area (Å²) >= 11 is 3.37. The minimum absolute atomic E-state index is 0.0144. The molecule has 1 heterocycles. The maximum absolute atomic E-state index is 12.4. The van der Waals surface area contributed by atoms with Gasteiger partial charge in [-0.2, -0.15) is 0 Å². The molecule has 1 atom stereocenters. The van der Waals surface area contributed by atoms with E-state index in [2.05, 4.69) is 21.2 Å². The van der Waals surface area contributed by atoms with Gasteiger partial charge < -0.3 is 15.0 Å². The van der Waals surface area contributed by atoms with Crippen LogP contribution in [0.5, 0.6) is 0 Å². The third-order valence-corrected chi connectivity index (χ3v) is 6.08. The number of hydrogen-bond donors (Lipinski definition) is 1. The van der Waals surface area contributed by atoms with Crippen LogP contribution >= 0.6 is 15.9 Å². The number of sulfone groups is 1. The normalized spacial score (nSPS) is 19.5. The molecule has 0 aromatic heterocycles. The third-order valence-electron chi connectivity index (χ3n) is 3.80. The SMILES string of the molecule is COCCN(C(=O)N/C=C/c1ccc(Br)cc1)C1CCS(=O)(=O)C1. The van der Waals surface area contributed by atoms with Crippen LogP contribution in [-0.2, 0) is 14.6 Å². The fraction of sp³-hybridized carbons (Fsp3) is 0.438. The molecule has 1 aromatic rings. The van der Waals surface area contributed by atoms with Crippen molar-refractivity contribution < 1.29 is 17.9 Å². The summed E-state index contributed by atoms with van der Waals surface area (Å²) in [6, 6.07) is 7.04. The number of nitrogens with one attached hydrogen (secondary N) is 1. The highest BCUT2D eigenvalue weighted by atomic mass is 79.9. The molecule has 8 heteroatoms. The summed E-state index contributed by atoms with van der Waals surface area (Å²) in [6.45, 7) is 0.717. The van der Waals surface area contributed by atoms with Crippen LogP contribution in [0.1, 0.15) is 12.0 Å². The average molecular weight is 417 g/mol. The number of carbonyl (C=O) groups excluding carboxylic acids is 1. The summed E-state index contributed by atoms with van der Waals surface area (Å²) in [7, 11) is -1.50. The zero-order chi connectivity index (χ0) is 17.6. The zero-order valence-electron chi connectivity index (χ0n) is 13.4. The van der Waals surface area contributed by atoms with E-state index in [9.17, 15) is 13.2 Å². The van der Waals surface area contributed by atoms with Gasteiger partial charge in [0.25, 0.3) is 0 Å². The van der Waals surface area contributed by atoms with Gasteiger partial charge in [-0.25, -0.2) is 13.2 Å². The highest BCUT2D eigenvalue weighted by molar-refractivity contribution is 9.10. The number of methoxy groups -OCH3 is 1. The van der Waals surface area contributed by atoms with Gasteiger partial charge in [-0.1, -0.05) is 28.1 Å². The molecule has 1 fully saturated rings. The first-order valence-electron chi connectivity index (χ1n) is 7.60. The Kier molecular flexibility index (Phi) is 6.82. The molecule has 1 aliphatic heterocycles. The number of carbonyl (C=O) groups is 1. The number of ether oxygens (including phenoxy) is 1. The van der Waals surface area contributed by atoms with Crippen LogP contribution < -0.4 is 5.32 Å². The summed E-state index contributed by atoms with van der Waals surface area (Å²) in [5, 5.41) is 2.70. The molecule has 0 saturated carbocycles. The van der Waals surface area contributed by atoms with Crippen molar-refractivity contribution in [2.75, 3.05) is 31.8 Å². The second kappa shape index (κ2) is 8.64. The molecule has 2 rings (SSSR count). The van der Waals surface area contributed by atoms with Crippen molar-refractivity contribution in [1.29, 1.82) is 0 Å². The number of urea groups is 1. The lowest BCUT2D eigenvalue weighted by Crippen LogP contribution is -2.46. The number of hydrogen-bond acceptors (Lipinski definition) is 4. The number of amides is 2. The average Bonchev–Trinajstić information content (AvgIpc) is 2.89. The molecule has 6 nitrogen and oxygen atoms in total. The molecule has 2 amide bonds. The van der Waals surface area contributed by atoms with Crippen molar-refractivity contribution in [3.63, 3.8) is 0 Å². The molecule has 1 unspecified atom stereocenters. The van der Waals surface area contributed by atoms with E-state index in [0.717, 1.165) is 10.0 Å². The lowest BCUT2D eigenvalue weighted by molar-refractivity contribution is 0.135. The fourth-order valence-electron chi connectivity index (χ4n) is 2.53. The van der Waals surface area contributed by atoms with E-state index in [1.807, 2.05) is 24.3 Å². The maximum atomic E-state index is 12.4. The number of benzene rings is 1. The lowest BCUT2D eigenvalue weighted by atomic mass is 10.2. The van der Waals surface area contributed by atoms with Crippen LogP contribution in [0.15, 0.2) is 34.9 Å². The smallest absolute Gasteiger partial charge is 0.321 e. The van der Waals surface area contributed by atoms with Gasteiger partial charge in [0.2, 0.25) is 0 Å². The van der Waals surface area contributed by atoms with Gasteiger partial charge >= 0.3 is 6.03 Å². The van der Waals surface area contributed by atoms with E-state index in [-0.39, 0.29) is 23.6 Å². The fourth-order valence-corrected chi connectivity index (χ4v) is 4.52. The van der Waals surface area contributed by atoms with E-state index in [0.29, 0.717) is 19.6 Å². The van der Waals surface area contributed by atoms with Crippen molar-refractivity contribution in [2.24, 2.45) is 0 Å². The number of rotatable bonds is 6. The Morgan fingerprint density at radius 1 is 1.42 bits per heavy atom. The van der Waals surface area contributed by atoms with Gasteiger partial charge in [0.05, 0.1) is 18.1 Å². The minimum Gasteiger partial charge on any atom is -0.383 e. The predicted molar refractivity (Wildman–Crippen MR) is 97.3 cm³/mol. The maximum Gasteiger partial charge on any atom is 0.321 e. The van der Waals surface area contributed by atoms with Crippen LogP contribution in [0.25, 0.3) is 6.08 Å². The molecule has 1 aliphatic rings. The lowest BCUT2D eigenvalue weighted by Gasteiger charge is -2.27. The number of halogens is 1. The largest absolute Gasteiger partial charge is 0.383 e. The minimum atomic E-state index is -3.05. The van der Waals surface area contributed by atoms with Gasteiger partial charge in [-0.15, -0.1) is 0 Å². The summed E-state index contributed by atoms with van der Waals surface area (Å²) in [4.78, 5) is 13.9. The van der Waals surface area contributed by atoms with Crippen molar-refractivity contribution in [3.8, 4) is 0 Å². The molecular weight excluding hydrogens is 396 g/mol. The van der Waals surface area contributed by atoms with Gasteiger partial charge in [0, 0.05) is 30.4 Å². The Morgan fingerprint density at radius 3 is 2.71 bits per heavy atom. The Bertz CT molecular complexity index is 689. The van der Waals surface area contributed by atoms with Crippen molar-refractivity contribution >= 4 is 37.9 Å². The summed E-state index contributed by atoms with van der Waals surface area (Å²) < 4.78 is 29.3. The highest BCUT2D eigenvalue weighted by Gasteiger charge is 2.34. The Balaban J connectivity index is 1.98. The van der Waals surface area contributed by atoms with Crippen LogP contribution in [0.2, 0.25) is 0 Å². The molecule has 0 aliphatic carbocycles. The van der Waals surface area contributed by atoms with Crippen LogP contribution in [0.3, 0.4) is 0 Å². The van der Waals surface area contributed by atoms with Crippen molar-refractivity contribution in [2.45, 2.75) is 12.5 Å². The van der Waals surface area contributed by atoms with Crippen LogP contribution in [0, 0.1) is 0 Å². The Hall–Kier alpha value is -1.38. The molecule has 1 saturated heterocycles. The quantitative estimate of drug-likeness (QED) is 0.771. The molecule has 0 spiro atoms. The Morgan fingerprint density at radius 2 is 2.12 bits per heavy atom. The van der Waals surface area contributed by atoms with E-state index in [1.165, 1.54) is 0 Å². The summed E-state index contributed by atoms with van der Waals surface area (Å²) in [6.07, 6.45) is 3.81. The Labute approximate surface area is 150 Å². The molecule has 0 bridgehead atoms. The zero-order valence-corrected chi connectivity index (χ0v) is 15.8. The molecule has 1 N–H and O–H groups in total. The molecular formula is C16H21BrN2O4S. The van der Waals surface area contributed by atoms with Gasteiger partial charge in [-0.3, -0.25) is 0 Å². The molecule has 0 radical (unpaired) electrons. The number of nitrogens with zero attached hydrogens (tertiary/aromatic N) is 1. The molecule has 24 heavy (non-hydrogen) atoms. The van der Waals surface area contributed by atoms with E-state index >= 15 is 0 Å². The van der Waals surface area contributed by atoms with Gasteiger partial charge in [0.15, 0.2) is 9.84 Å². The molecule has 132 valence electrons. The van der Waals surface area contributed by atoms with Gasteiger partial charge in [-0.05, 0) is 30.2 Å². The summed E-state index contributed by atoms with van der Waals surface area (Å²) in [5.41, 5.74) is 0.949. The topological polar surface area (TPSA) is 75.7 Å². The third kappa shape index (κ3) is 5.61. The highest BCUT2D eigenvalue weighted by Crippen LogP contribution is 2.18. The first kappa shape index (κ1) is 19.0. The monoisotopic (exact) mass is 416 g/mol. The first-order valence-corrected chi connectivity index (χ1v) is 10.2. The summed E-state index contributed by atoms with van der Waals surface area (Å²) in [5.74, 6) is 0.143. The predicted octanol–water partition coefficient (Wildman–Crippen LogP) is 2.26. The second-order valence-electron chi connectivity index (χ2n) is 5.58. The standard InChI is InChI=1S/C16H21BrN2O4S/c1-23-10-9-19(15-7-11-24(21,22)12-15)16(20)18-8-6-13-2-4-14(17)5-3-13/h2-6,8,15H,7,9-12H2,1H3,(H,18,20)/b8-6+. The van der Waals surface area contributed by atoms with Crippen molar-refractivity contribution in [3.05, 3.63) is 40.5 Å². The first-order chi connectivity index (χ1) is 11.4. The van der Waals surface area contributed by atoms with Crippen LogP contribution in [0.4, 0.5) is 4.79 Å². The second-order valence-corrected chi connectivity index (χ2v) is 8.72. The van der Waals surface area contributed by atoms with E-state index in [4.69, 9.17) is 4.74 Å². The van der Waals surface area contributed by atoms with Crippen molar-refractivity contribution in [1.82, 2.24) is 10.2 Å². The van der Waals surface area contributed by atoms with E-state index < -0.39 is 9.84 Å². The molecule has 1 aromatic carbocycles. The van der Waals surface area contributed by atoms with E-state index in [1.54, 1.807) is 24.3 Å². The van der Waals surface area contributed by atoms with Gasteiger partial charge in [0.1, 0.15) is 0 Å².